The smallest absolute Gasteiger partial charge is 0.331 e. The third-order valence-electron chi connectivity index (χ3n) is 13.1. The second-order valence-corrected chi connectivity index (χ2v) is 18.4. The van der Waals surface area contributed by atoms with Crippen molar-refractivity contribution in [3.8, 4) is 46.0 Å². The number of carbonyl (C=O) groups excluding carboxylic acids is 2. The molecule has 8 rings (SSSR count). The van der Waals surface area contributed by atoms with E-state index < -0.39 is 136 Å². The molecule has 0 radical (unpaired) electrons. The fraction of sp³-hybridized carbons (Fsp3) is 0.396. The summed E-state index contributed by atoms with van der Waals surface area (Å²) in [5, 5.41) is 139. The minimum atomic E-state index is -2.13. The number of phenols is 4. The van der Waals surface area contributed by atoms with Gasteiger partial charge in [0.2, 0.25) is 12.6 Å². The van der Waals surface area contributed by atoms with Crippen LogP contribution in [0.4, 0.5) is 0 Å². The van der Waals surface area contributed by atoms with Gasteiger partial charge in [0.1, 0.15) is 90.5 Å². The number of benzene rings is 4. The molecule has 1 unspecified atom stereocenters. The van der Waals surface area contributed by atoms with Gasteiger partial charge in [0.05, 0.1) is 39.1 Å². The van der Waals surface area contributed by atoms with Crippen LogP contribution in [0.15, 0.2) is 90.7 Å². The molecule has 26 heteroatoms. The van der Waals surface area contributed by atoms with Crippen LogP contribution in [0.2, 0.25) is 0 Å². The molecule has 0 spiro atoms. The highest BCUT2D eigenvalue weighted by molar-refractivity contribution is 5.88. The Bertz CT molecular complexity index is 2850. The number of fused-ring (bicyclic) bond motifs is 1. The van der Waals surface area contributed by atoms with Gasteiger partial charge in [-0.3, -0.25) is 0 Å². The average molecular weight is 1110 g/mol. The summed E-state index contributed by atoms with van der Waals surface area (Å²) in [6.07, 6.45) is -23.4. The minimum absolute atomic E-state index is 0.00135. The van der Waals surface area contributed by atoms with Crippen molar-refractivity contribution in [3.05, 3.63) is 113 Å². The summed E-state index contributed by atoms with van der Waals surface area (Å²) in [6, 6.07) is 16.3. The lowest BCUT2D eigenvalue weighted by atomic mass is 9.96. The Labute approximate surface area is 448 Å². The number of hydrogen-bond donors (Lipinski definition) is 13. The summed E-state index contributed by atoms with van der Waals surface area (Å²) in [7, 11) is 2.64. The van der Waals surface area contributed by atoms with E-state index in [9.17, 15) is 76.0 Å². The van der Waals surface area contributed by atoms with E-state index in [2.05, 4.69) is 0 Å². The van der Waals surface area contributed by atoms with Crippen LogP contribution in [0.1, 0.15) is 28.4 Å². The summed E-state index contributed by atoms with van der Waals surface area (Å²) in [6.45, 7) is -2.50. The van der Waals surface area contributed by atoms with Crippen LogP contribution in [0.25, 0.3) is 18.2 Å². The minimum Gasteiger partial charge on any atom is -0.571 e. The topological polar surface area (TPSA) is 402 Å². The molecular weight excluding hydrogens is 1050 g/mol. The van der Waals surface area contributed by atoms with Crippen LogP contribution in [0.5, 0.6) is 46.0 Å². The quantitative estimate of drug-likeness (QED) is 0.0330. The maximum absolute atomic E-state index is 13.4. The van der Waals surface area contributed by atoms with Gasteiger partial charge >= 0.3 is 11.9 Å². The van der Waals surface area contributed by atoms with E-state index in [-0.39, 0.29) is 51.6 Å². The molecule has 4 aliphatic rings. The number of hydrogen-bond acceptors (Lipinski definition) is 25. The predicted molar refractivity (Wildman–Crippen MR) is 266 cm³/mol. The summed E-state index contributed by atoms with van der Waals surface area (Å²) in [5.41, 5.74) is 1.09. The molecule has 4 aromatic rings. The molecule has 0 aliphatic carbocycles. The number of carbonyl (C=O) groups is 2. The highest BCUT2D eigenvalue weighted by Gasteiger charge is 2.54. The third-order valence-corrected chi connectivity index (χ3v) is 13.1. The predicted octanol–water partition coefficient (Wildman–Crippen LogP) is -0.789. The van der Waals surface area contributed by atoms with E-state index in [1.165, 1.54) is 99.2 Å². The number of ether oxygens (including phenoxy) is 11. The van der Waals surface area contributed by atoms with Gasteiger partial charge in [-0.25, -0.2) is 9.59 Å². The molecule has 14 N–H and O–H groups in total. The van der Waals surface area contributed by atoms with Gasteiger partial charge in [0.15, 0.2) is 47.3 Å². The standard InChI is InChI=1S/C53H58O26/c1-69-33-15-23(3-11-29(33)58)5-13-39(60)71-22-38-43(64)46(67)50(79-53-49(45(66)42(63)37(21-55)76-53)78-40(61)14-6-24-4-12-30(59)34(16-24)70-2)52(77-38)74-35-19-28-31(72-48(35)25-7-9-26(56)10-8-25)17-27(57)18-32(28)73-51-47(68)44(65)41(62)36(20-54)75-51/h3-19,36-38,41-59,62-68H,20-22H2,1-2H3/p+1/b13-5+,14-6+/t36-,37-,38-,41-,42-,43-,44+,45+,46+,47-,48?,49-,50-,51-,52-,53+/m1/s1. The number of phenolic OH excluding ortho intramolecular Hbond substituents is 4. The Kier molecular flexibility index (Phi) is 18.5. The highest BCUT2D eigenvalue weighted by Crippen LogP contribution is 2.47. The molecule has 0 aromatic heterocycles. The van der Waals surface area contributed by atoms with Crippen molar-refractivity contribution in [1.82, 2.24) is 0 Å². The van der Waals surface area contributed by atoms with Crippen LogP contribution >= 0.6 is 0 Å². The first-order valence-electron chi connectivity index (χ1n) is 24.3. The Morgan fingerprint density at radius 2 is 1.13 bits per heavy atom. The number of aliphatic hydroxyl groups excluding tert-OH is 9. The summed E-state index contributed by atoms with van der Waals surface area (Å²) in [4.78, 5) is 26.5. The van der Waals surface area contributed by atoms with Crippen LogP contribution in [0.3, 0.4) is 0 Å². The zero-order valence-corrected chi connectivity index (χ0v) is 41.8. The molecule has 0 amide bonds. The molecule has 79 heavy (non-hydrogen) atoms. The van der Waals surface area contributed by atoms with Crippen molar-refractivity contribution in [2.24, 2.45) is 0 Å². The van der Waals surface area contributed by atoms with Crippen LogP contribution < -0.4 is 14.2 Å². The SMILES string of the molecule is COc1cc(/C=C/C(=O)OC[C@H]2O[C@@H](OC3=Cc4c(O[C@@H]5O[C@H](CO)[C@@H](O)[C@H](O)[C@H]5O)cc(O)cc4[OH+]C3c3ccc(O)cc3)[C@H](O[C@@H]3O[C@H](CO)[C@@H](O)[C@H](O)[C@H]3OC(=O)/C=C/c3ccc(O)c(OC)c3)[C@@H](O)[C@@H]2O)ccc1O. The lowest BCUT2D eigenvalue weighted by Gasteiger charge is -2.46. The molecule has 4 aromatic carbocycles. The zero-order chi connectivity index (χ0) is 56.8. The van der Waals surface area contributed by atoms with Crippen molar-refractivity contribution in [3.63, 3.8) is 0 Å². The Morgan fingerprint density at radius 1 is 0.570 bits per heavy atom. The normalized spacial score (nSPS) is 30.6. The molecule has 26 nitrogen and oxygen atoms in total. The molecule has 4 aliphatic heterocycles. The van der Waals surface area contributed by atoms with E-state index in [0.717, 1.165) is 18.2 Å². The molecule has 0 bridgehead atoms. The van der Waals surface area contributed by atoms with E-state index in [1.54, 1.807) is 0 Å². The second kappa shape index (κ2) is 25.2. The van der Waals surface area contributed by atoms with Gasteiger partial charge in [0.25, 0.3) is 11.9 Å². The van der Waals surface area contributed by atoms with Gasteiger partial charge in [0, 0.05) is 24.3 Å². The van der Waals surface area contributed by atoms with Crippen LogP contribution in [0, 0.1) is 0 Å². The van der Waals surface area contributed by atoms with Gasteiger partial charge in [-0.2, -0.15) is 0 Å². The number of aliphatic hydroxyl groups is 10. The Hall–Kier alpha value is -7.28. The van der Waals surface area contributed by atoms with Crippen molar-refractivity contribution in [2.75, 3.05) is 34.0 Å². The van der Waals surface area contributed by atoms with Crippen LogP contribution in [-0.2, 0) is 42.7 Å². The molecular formula is C53H59O26+. The fourth-order valence-corrected chi connectivity index (χ4v) is 8.83. The fourth-order valence-electron chi connectivity index (χ4n) is 8.83. The Balaban J connectivity index is 1.15. The molecule has 426 valence electrons. The number of rotatable bonds is 18. The maximum Gasteiger partial charge on any atom is 0.331 e. The maximum atomic E-state index is 13.4. The van der Waals surface area contributed by atoms with Gasteiger partial charge < -0.3 is 118 Å². The highest BCUT2D eigenvalue weighted by atomic mass is 16.8. The van der Waals surface area contributed by atoms with Gasteiger partial charge in [-0.05, 0) is 71.8 Å². The van der Waals surface area contributed by atoms with Crippen molar-refractivity contribution >= 4 is 30.2 Å². The lowest BCUT2D eigenvalue weighted by molar-refractivity contribution is -0.364. The van der Waals surface area contributed by atoms with E-state index in [0.29, 0.717) is 16.7 Å². The number of esters is 2. The molecule has 4 heterocycles. The van der Waals surface area contributed by atoms with Crippen LogP contribution in [-0.4, -0.2) is 209 Å². The summed E-state index contributed by atoms with van der Waals surface area (Å²) < 4.78 is 62.4. The van der Waals surface area contributed by atoms with E-state index >= 15 is 0 Å². The summed E-state index contributed by atoms with van der Waals surface area (Å²) >= 11 is 0. The van der Waals surface area contributed by atoms with E-state index in [1.807, 2.05) is 0 Å². The molecule has 16 atom stereocenters. The largest absolute Gasteiger partial charge is 0.571 e. The molecule has 3 saturated heterocycles. The first-order valence-corrected chi connectivity index (χ1v) is 24.3. The molecule has 3 fully saturated rings. The third kappa shape index (κ3) is 13.1. The molecule has 0 saturated carbocycles. The monoisotopic (exact) mass is 1110 g/mol. The summed E-state index contributed by atoms with van der Waals surface area (Å²) in [5.74, 6) is -3.31. The first kappa shape index (κ1) is 57.9. The van der Waals surface area contributed by atoms with Crippen molar-refractivity contribution in [2.45, 2.75) is 98.2 Å². The Morgan fingerprint density at radius 3 is 1.73 bits per heavy atom. The number of aromatic hydroxyl groups is 5. The number of methoxy groups -OCH3 is 2. The lowest BCUT2D eigenvalue weighted by Crippen LogP contribution is -2.65. The second-order valence-electron chi connectivity index (χ2n) is 18.4. The van der Waals surface area contributed by atoms with Crippen molar-refractivity contribution in [1.29, 1.82) is 0 Å². The average Bonchev–Trinajstić information content (AvgIpc) is 3.44. The van der Waals surface area contributed by atoms with E-state index in [4.69, 9.17) is 52.1 Å². The zero-order valence-electron chi connectivity index (χ0n) is 41.8. The van der Waals surface area contributed by atoms with Gasteiger partial charge in [-0.15, -0.1) is 0 Å². The van der Waals surface area contributed by atoms with Gasteiger partial charge in [-0.1, -0.05) is 12.1 Å². The first-order chi connectivity index (χ1) is 37.8. The van der Waals surface area contributed by atoms with Crippen molar-refractivity contribution < 1.29 is 128 Å².